The number of nitrogens with one attached hydrogen (secondary N) is 2. The molecule has 23 heavy (non-hydrogen) atoms. The third-order valence-electron chi connectivity index (χ3n) is 4.78. The number of carbonyl (C=O) groups excluding carboxylic acids is 1. The van der Waals surface area contributed by atoms with Gasteiger partial charge in [0.05, 0.1) is 6.54 Å². The number of quaternary nitrogens is 1. The molecule has 0 radical (unpaired) electrons. The van der Waals surface area contributed by atoms with Crippen LogP contribution < -0.4 is 10.2 Å². The van der Waals surface area contributed by atoms with E-state index in [2.05, 4.69) is 49.7 Å². The van der Waals surface area contributed by atoms with Gasteiger partial charge in [-0.2, -0.15) is 0 Å². The van der Waals surface area contributed by atoms with Crippen molar-refractivity contribution in [2.24, 2.45) is 0 Å². The van der Waals surface area contributed by atoms with Gasteiger partial charge in [-0.15, -0.1) is 11.3 Å². The van der Waals surface area contributed by atoms with Gasteiger partial charge in [0.25, 0.3) is 5.91 Å². The largest absolute Gasteiger partial charge is 0.321 e. The lowest BCUT2D eigenvalue weighted by molar-refractivity contribution is -0.923. The van der Waals surface area contributed by atoms with Crippen LogP contribution in [0.3, 0.4) is 0 Å². The normalized spacial score (nSPS) is 20.3. The lowest BCUT2D eigenvalue weighted by atomic mass is 10.0. The number of amides is 1. The Bertz CT molecular complexity index is 675. The summed E-state index contributed by atoms with van der Waals surface area (Å²) in [4.78, 5) is 15.2. The van der Waals surface area contributed by atoms with Gasteiger partial charge >= 0.3 is 0 Å². The molecule has 2 aromatic rings. The third-order valence-corrected chi connectivity index (χ3v) is 5.78. The van der Waals surface area contributed by atoms with E-state index in [1.807, 2.05) is 23.5 Å². The van der Waals surface area contributed by atoms with E-state index in [0.29, 0.717) is 18.5 Å². The van der Waals surface area contributed by atoms with Gasteiger partial charge in [-0.05, 0) is 42.0 Å². The lowest BCUT2D eigenvalue weighted by Gasteiger charge is -2.29. The van der Waals surface area contributed by atoms with Crippen LogP contribution in [0.5, 0.6) is 0 Å². The quantitative estimate of drug-likeness (QED) is 0.888. The highest BCUT2D eigenvalue weighted by Crippen LogP contribution is 2.24. The molecule has 0 aliphatic carbocycles. The fourth-order valence-corrected chi connectivity index (χ4v) is 4.23. The molecule has 0 spiro atoms. The Labute approximate surface area is 142 Å². The topological polar surface area (TPSA) is 33.5 Å². The molecule has 1 aromatic heterocycles. The maximum Gasteiger partial charge on any atom is 0.279 e. The van der Waals surface area contributed by atoms with E-state index in [-0.39, 0.29) is 5.91 Å². The molecule has 3 rings (SSSR count). The standard InChI is InChI=1S/C19H24N2OS/c1-13(2)15-4-6-16(7-5-15)20-19(22)12-21-10-8-18-17(14(21)3)9-11-23-18/h4-7,9,11,13-14H,8,10,12H2,1-3H3,(H,20,22)/p+1/t14-/m0/s1. The fourth-order valence-electron chi connectivity index (χ4n) is 3.25. The molecule has 1 amide bonds. The van der Waals surface area contributed by atoms with Gasteiger partial charge in [0, 0.05) is 22.5 Å². The van der Waals surface area contributed by atoms with E-state index < -0.39 is 0 Å². The van der Waals surface area contributed by atoms with Gasteiger partial charge in [-0.3, -0.25) is 4.79 Å². The summed E-state index contributed by atoms with van der Waals surface area (Å²) in [5, 5.41) is 5.20. The SMILES string of the molecule is CC(C)c1ccc(NC(=O)C[NH+]2CCc3sccc3[C@@H]2C)cc1. The lowest BCUT2D eigenvalue weighted by Crippen LogP contribution is -3.14. The Morgan fingerprint density at radius 3 is 2.74 bits per heavy atom. The Morgan fingerprint density at radius 2 is 2.04 bits per heavy atom. The molecule has 1 aliphatic heterocycles. The Hall–Kier alpha value is -1.65. The van der Waals surface area contributed by atoms with Gasteiger partial charge < -0.3 is 10.2 Å². The van der Waals surface area contributed by atoms with E-state index in [9.17, 15) is 4.79 Å². The minimum absolute atomic E-state index is 0.0998. The number of benzene rings is 1. The fraction of sp³-hybridized carbons (Fsp3) is 0.421. The second-order valence-electron chi connectivity index (χ2n) is 6.68. The number of thiophene rings is 1. The highest BCUT2D eigenvalue weighted by atomic mass is 32.1. The minimum Gasteiger partial charge on any atom is -0.321 e. The summed E-state index contributed by atoms with van der Waals surface area (Å²) in [5.41, 5.74) is 3.60. The molecule has 0 bridgehead atoms. The summed E-state index contributed by atoms with van der Waals surface area (Å²) in [7, 11) is 0. The molecule has 2 atom stereocenters. The predicted molar refractivity (Wildman–Crippen MR) is 96.3 cm³/mol. The van der Waals surface area contributed by atoms with Crippen LogP contribution in [-0.2, 0) is 11.2 Å². The maximum atomic E-state index is 12.4. The summed E-state index contributed by atoms with van der Waals surface area (Å²) in [5.74, 6) is 0.612. The van der Waals surface area contributed by atoms with Crippen molar-refractivity contribution in [3.05, 3.63) is 51.7 Å². The summed E-state index contributed by atoms with van der Waals surface area (Å²) < 4.78 is 0. The van der Waals surface area contributed by atoms with E-state index in [4.69, 9.17) is 0 Å². The van der Waals surface area contributed by atoms with E-state index in [1.54, 1.807) is 0 Å². The zero-order valence-corrected chi connectivity index (χ0v) is 14.9. The maximum absolute atomic E-state index is 12.4. The molecular formula is C19H25N2OS+. The van der Waals surface area contributed by atoms with Crippen molar-refractivity contribution >= 4 is 22.9 Å². The van der Waals surface area contributed by atoms with Gasteiger partial charge in [0.1, 0.15) is 6.04 Å². The van der Waals surface area contributed by atoms with E-state index >= 15 is 0 Å². The predicted octanol–water partition coefficient (Wildman–Crippen LogP) is 3.01. The minimum atomic E-state index is 0.0998. The van der Waals surface area contributed by atoms with Gasteiger partial charge in [-0.25, -0.2) is 0 Å². The van der Waals surface area contributed by atoms with Crippen LogP contribution in [0, 0.1) is 0 Å². The van der Waals surface area contributed by atoms with Crippen LogP contribution in [0.1, 0.15) is 48.7 Å². The van der Waals surface area contributed by atoms with Crippen LogP contribution in [0.15, 0.2) is 35.7 Å². The van der Waals surface area contributed by atoms with Crippen molar-refractivity contribution in [1.29, 1.82) is 0 Å². The third kappa shape index (κ3) is 3.65. The van der Waals surface area contributed by atoms with Crippen molar-refractivity contribution in [3.8, 4) is 0 Å². The van der Waals surface area contributed by atoms with Gasteiger partial charge in [-0.1, -0.05) is 26.0 Å². The second-order valence-corrected chi connectivity index (χ2v) is 7.68. The monoisotopic (exact) mass is 329 g/mol. The van der Waals surface area contributed by atoms with E-state index in [1.165, 1.54) is 20.9 Å². The highest BCUT2D eigenvalue weighted by Gasteiger charge is 2.29. The van der Waals surface area contributed by atoms with E-state index in [0.717, 1.165) is 18.7 Å². The molecule has 4 heteroatoms. The molecule has 0 saturated heterocycles. The molecule has 2 N–H and O–H groups in total. The molecule has 0 saturated carbocycles. The molecule has 122 valence electrons. The van der Waals surface area contributed by atoms with Crippen LogP contribution in [0.4, 0.5) is 5.69 Å². The van der Waals surface area contributed by atoms with Crippen molar-refractivity contribution in [2.75, 3.05) is 18.4 Å². The number of anilines is 1. The number of fused-ring (bicyclic) bond motifs is 1. The van der Waals surface area contributed by atoms with Crippen molar-refractivity contribution in [2.45, 2.75) is 39.2 Å². The zero-order chi connectivity index (χ0) is 16.4. The summed E-state index contributed by atoms with van der Waals surface area (Å²) >= 11 is 1.84. The average Bonchev–Trinajstić information content (AvgIpc) is 3.00. The van der Waals surface area contributed by atoms with Crippen molar-refractivity contribution in [3.63, 3.8) is 0 Å². The number of hydrogen-bond acceptors (Lipinski definition) is 2. The summed E-state index contributed by atoms with van der Waals surface area (Å²) in [6.07, 6.45) is 1.09. The molecule has 1 aromatic carbocycles. The van der Waals surface area contributed by atoms with Crippen LogP contribution in [0.25, 0.3) is 0 Å². The van der Waals surface area contributed by atoms with Gasteiger partial charge in [0.2, 0.25) is 0 Å². The Morgan fingerprint density at radius 1 is 1.30 bits per heavy atom. The van der Waals surface area contributed by atoms with Crippen LogP contribution >= 0.6 is 11.3 Å². The van der Waals surface area contributed by atoms with Crippen molar-refractivity contribution < 1.29 is 9.69 Å². The first-order valence-corrected chi connectivity index (χ1v) is 9.23. The molecule has 1 aliphatic rings. The first kappa shape index (κ1) is 16.2. The van der Waals surface area contributed by atoms with Crippen LogP contribution in [0.2, 0.25) is 0 Å². The van der Waals surface area contributed by atoms with Gasteiger partial charge in [0.15, 0.2) is 6.54 Å². The number of rotatable bonds is 4. The number of hydrogen-bond donors (Lipinski definition) is 2. The summed E-state index contributed by atoms with van der Waals surface area (Å²) in [6.45, 7) is 8.14. The molecule has 0 fully saturated rings. The average molecular weight is 329 g/mol. The zero-order valence-electron chi connectivity index (χ0n) is 14.1. The first-order valence-electron chi connectivity index (χ1n) is 8.35. The van der Waals surface area contributed by atoms with Crippen molar-refractivity contribution in [1.82, 2.24) is 0 Å². The molecular weight excluding hydrogens is 304 g/mol. The molecule has 3 nitrogen and oxygen atoms in total. The second kappa shape index (κ2) is 6.85. The smallest absolute Gasteiger partial charge is 0.279 e. The summed E-state index contributed by atoms with van der Waals surface area (Å²) in [6, 6.07) is 10.8. The van der Waals surface area contributed by atoms with Crippen LogP contribution in [-0.4, -0.2) is 19.0 Å². The number of carbonyl (C=O) groups is 1. The Balaban J connectivity index is 1.59. The molecule has 1 unspecified atom stereocenters. The Kier molecular flexibility index (Phi) is 4.83. The first-order chi connectivity index (χ1) is 11.0. The highest BCUT2D eigenvalue weighted by molar-refractivity contribution is 7.10. The molecule has 2 heterocycles.